The molecule has 2 unspecified atom stereocenters. The van der Waals surface area contributed by atoms with Gasteiger partial charge in [0.1, 0.15) is 23.8 Å². The molecule has 4 nitrogen and oxygen atoms in total. The molecule has 0 amide bonds. The van der Waals surface area contributed by atoms with E-state index < -0.39 is 11.5 Å². The van der Waals surface area contributed by atoms with E-state index in [0.29, 0.717) is 43.1 Å². The lowest BCUT2D eigenvalue weighted by molar-refractivity contribution is 0.0391. The van der Waals surface area contributed by atoms with Crippen molar-refractivity contribution in [3.63, 3.8) is 0 Å². The van der Waals surface area contributed by atoms with Crippen molar-refractivity contribution >= 4 is 0 Å². The molecule has 0 heterocycles. The van der Waals surface area contributed by atoms with Crippen molar-refractivity contribution in [2.45, 2.75) is 24.5 Å². The van der Waals surface area contributed by atoms with Gasteiger partial charge in [-0.05, 0) is 52.9 Å². The summed E-state index contributed by atoms with van der Waals surface area (Å²) in [4.78, 5) is 0. The number of aliphatic hydroxyl groups is 2. The van der Waals surface area contributed by atoms with Gasteiger partial charge in [0.25, 0.3) is 0 Å². The van der Waals surface area contributed by atoms with Gasteiger partial charge in [-0.25, -0.2) is 4.39 Å². The molecule has 4 rings (SSSR count). The molecule has 4 aromatic carbocycles. The maximum atomic E-state index is 13.7. The van der Waals surface area contributed by atoms with E-state index in [-0.39, 0.29) is 12.4 Å². The van der Waals surface area contributed by atoms with Gasteiger partial charge in [-0.2, -0.15) is 0 Å². The molecule has 2 atom stereocenters. The summed E-state index contributed by atoms with van der Waals surface area (Å²) in [6.45, 7) is 1.27. The van der Waals surface area contributed by atoms with Crippen LogP contribution in [0.4, 0.5) is 4.39 Å². The SMILES string of the molecule is OCCC(c1ccccc1)C(O)(c1ccc(F)cc1)c1ccc(OCCOCc2ccccc2)cc1. The van der Waals surface area contributed by atoms with Gasteiger partial charge >= 0.3 is 0 Å². The molecule has 0 bridgehead atoms. The van der Waals surface area contributed by atoms with Crippen LogP contribution in [0.1, 0.15) is 34.6 Å². The highest BCUT2D eigenvalue weighted by Gasteiger charge is 2.41. The average molecular weight is 487 g/mol. The van der Waals surface area contributed by atoms with Crippen LogP contribution in [0.25, 0.3) is 0 Å². The highest BCUT2D eigenvalue weighted by atomic mass is 19.1. The third-order valence-corrected chi connectivity index (χ3v) is 6.31. The number of ether oxygens (including phenoxy) is 2. The zero-order valence-electron chi connectivity index (χ0n) is 20.1. The molecule has 0 aliphatic heterocycles. The van der Waals surface area contributed by atoms with Gasteiger partial charge in [-0.15, -0.1) is 0 Å². The number of hydrogen-bond donors (Lipinski definition) is 2. The van der Waals surface area contributed by atoms with Crippen molar-refractivity contribution in [2.75, 3.05) is 19.8 Å². The van der Waals surface area contributed by atoms with Crippen LogP contribution >= 0.6 is 0 Å². The lowest BCUT2D eigenvalue weighted by atomic mass is 9.71. The van der Waals surface area contributed by atoms with Gasteiger partial charge in [0.15, 0.2) is 0 Å². The van der Waals surface area contributed by atoms with Gasteiger partial charge in [-0.1, -0.05) is 84.9 Å². The zero-order chi connectivity index (χ0) is 25.2. The molecule has 0 saturated carbocycles. The minimum absolute atomic E-state index is 0.104. The molecule has 0 aliphatic rings. The summed E-state index contributed by atoms with van der Waals surface area (Å²) in [5, 5.41) is 22.1. The third kappa shape index (κ3) is 6.18. The van der Waals surface area contributed by atoms with E-state index in [1.165, 1.54) is 12.1 Å². The molecular formula is C31H31FO4. The fourth-order valence-corrected chi connectivity index (χ4v) is 4.49. The summed E-state index contributed by atoms with van der Waals surface area (Å²) in [5.41, 5.74) is 1.68. The first-order valence-electron chi connectivity index (χ1n) is 12.1. The predicted octanol–water partition coefficient (Wildman–Crippen LogP) is 5.82. The molecule has 4 aromatic rings. The van der Waals surface area contributed by atoms with Crippen LogP contribution < -0.4 is 4.74 Å². The smallest absolute Gasteiger partial charge is 0.123 e. The Bertz CT molecular complexity index is 1180. The second-order valence-corrected chi connectivity index (χ2v) is 8.66. The minimum atomic E-state index is -1.49. The number of rotatable bonds is 12. The molecule has 5 heteroatoms. The largest absolute Gasteiger partial charge is 0.491 e. The quantitative estimate of drug-likeness (QED) is 0.248. The number of halogens is 1. The van der Waals surface area contributed by atoms with E-state index >= 15 is 0 Å². The molecule has 0 saturated heterocycles. The monoisotopic (exact) mass is 486 g/mol. The summed E-state index contributed by atoms with van der Waals surface area (Å²) in [6, 6.07) is 32.7. The van der Waals surface area contributed by atoms with Crippen LogP contribution in [-0.2, 0) is 16.9 Å². The Hall–Kier alpha value is -3.51. The summed E-state index contributed by atoms with van der Waals surface area (Å²) < 4.78 is 25.2. The van der Waals surface area contributed by atoms with Gasteiger partial charge in [-0.3, -0.25) is 0 Å². The molecular weight excluding hydrogens is 455 g/mol. The van der Waals surface area contributed by atoms with E-state index in [9.17, 15) is 14.6 Å². The van der Waals surface area contributed by atoms with E-state index in [4.69, 9.17) is 9.47 Å². The Kier molecular flexibility index (Phi) is 8.85. The Labute approximate surface area is 211 Å². The first kappa shape index (κ1) is 25.6. The molecule has 36 heavy (non-hydrogen) atoms. The van der Waals surface area contributed by atoms with Crippen LogP contribution in [0, 0.1) is 5.82 Å². The van der Waals surface area contributed by atoms with Gasteiger partial charge in [0.05, 0.1) is 13.2 Å². The lowest BCUT2D eigenvalue weighted by Gasteiger charge is -2.38. The Morgan fingerprint density at radius 1 is 0.722 bits per heavy atom. The molecule has 0 fully saturated rings. The standard InChI is InChI=1S/C31H31FO4/c32-28-15-11-26(12-16-28)31(34,30(19-20-33)25-9-5-2-6-10-25)27-13-17-29(18-14-27)36-22-21-35-23-24-7-3-1-4-8-24/h1-18,30,33-34H,19-23H2. The maximum Gasteiger partial charge on any atom is 0.123 e. The summed E-state index contributed by atoms with van der Waals surface area (Å²) in [6.07, 6.45) is 0.328. The normalized spacial score (nSPS) is 13.6. The highest BCUT2D eigenvalue weighted by molar-refractivity contribution is 5.43. The average Bonchev–Trinajstić information content (AvgIpc) is 2.93. The first-order valence-corrected chi connectivity index (χ1v) is 12.1. The van der Waals surface area contributed by atoms with Crippen molar-refractivity contribution in [3.8, 4) is 5.75 Å². The van der Waals surface area contributed by atoms with E-state index in [1.54, 1.807) is 12.1 Å². The van der Waals surface area contributed by atoms with Gasteiger partial charge in [0.2, 0.25) is 0 Å². The van der Waals surface area contributed by atoms with Crippen molar-refractivity contribution in [3.05, 3.63) is 137 Å². The van der Waals surface area contributed by atoms with E-state index in [2.05, 4.69) is 0 Å². The van der Waals surface area contributed by atoms with Crippen molar-refractivity contribution in [1.29, 1.82) is 0 Å². The predicted molar refractivity (Wildman–Crippen MR) is 138 cm³/mol. The Morgan fingerprint density at radius 3 is 1.92 bits per heavy atom. The molecule has 0 aliphatic carbocycles. The maximum absolute atomic E-state index is 13.7. The van der Waals surface area contributed by atoms with Crippen LogP contribution in [-0.4, -0.2) is 30.0 Å². The Morgan fingerprint density at radius 2 is 1.31 bits per heavy atom. The topological polar surface area (TPSA) is 58.9 Å². The minimum Gasteiger partial charge on any atom is -0.491 e. The molecule has 0 aromatic heterocycles. The zero-order valence-corrected chi connectivity index (χ0v) is 20.1. The lowest BCUT2D eigenvalue weighted by Crippen LogP contribution is -2.35. The van der Waals surface area contributed by atoms with E-state index in [1.807, 2.05) is 84.9 Å². The fourth-order valence-electron chi connectivity index (χ4n) is 4.49. The van der Waals surface area contributed by atoms with Gasteiger partial charge < -0.3 is 19.7 Å². The molecule has 2 N–H and O–H groups in total. The summed E-state index contributed by atoms with van der Waals surface area (Å²) in [7, 11) is 0. The van der Waals surface area contributed by atoms with Crippen LogP contribution in [0.5, 0.6) is 5.75 Å². The molecule has 0 radical (unpaired) electrons. The number of benzene rings is 4. The second-order valence-electron chi connectivity index (χ2n) is 8.66. The van der Waals surface area contributed by atoms with Crippen molar-refractivity contribution in [1.82, 2.24) is 0 Å². The Balaban J connectivity index is 1.52. The molecule has 186 valence electrons. The van der Waals surface area contributed by atoms with Crippen LogP contribution in [0.3, 0.4) is 0 Å². The number of hydrogen-bond acceptors (Lipinski definition) is 4. The number of aliphatic hydroxyl groups excluding tert-OH is 1. The van der Waals surface area contributed by atoms with Crippen molar-refractivity contribution in [2.24, 2.45) is 0 Å². The first-order chi connectivity index (χ1) is 17.6. The van der Waals surface area contributed by atoms with Crippen LogP contribution in [0.15, 0.2) is 109 Å². The van der Waals surface area contributed by atoms with Crippen LogP contribution in [0.2, 0.25) is 0 Å². The fraction of sp³-hybridized carbons (Fsp3) is 0.226. The second kappa shape index (κ2) is 12.5. The molecule has 0 spiro atoms. The van der Waals surface area contributed by atoms with Gasteiger partial charge in [0, 0.05) is 12.5 Å². The summed E-state index contributed by atoms with van der Waals surface area (Å²) in [5.74, 6) is -0.174. The van der Waals surface area contributed by atoms with E-state index in [0.717, 1.165) is 11.1 Å². The highest BCUT2D eigenvalue weighted by Crippen LogP contribution is 2.44. The van der Waals surface area contributed by atoms with Crippen molar-refractivity contribution < 1.29 is 24.1 Å². The third-order valence-electron chi connectivity index (χ3n) is 6.31. The summed E-state index contributed by atoms with van der Waals surface area (Å²) >= 11 is 0.